The fraction of sp³-hybridized carbons (Fsp3) is 0.182. The summed E-state index contributed by atoms with van der Waals surface area (Å²) >= 11 is 6.66. The Bertz CT molecular complexity index is 1560. The van der Waals surface area contributed by atoms with Gasteiger partial charge in [-0.3, -0.25) is 9.36 Å². The zero-order valence-electron chi connectivity index (χ0n) is 16.7. The van der Waals surface area contributed by atoms with Gasteiger partial charge in [-0.1, -0.05) is 30.3 Å². The molecular weight excluding hydrogens is 430 g/mol. The summed E-state index contributed by atoms with van der Waals surface area (Å²) in [6.45, 7) is 0. The van der Waals surface area contributed by atoms with Gasteiger partial charge in [0.05, 0.1) is 23.0 Å². The summed E-state index contributed by atoms with van der Waals surface area (Å²) in [4.78, 5) is 13.5. The summed E-state index contributed by atoms with van der Waals surface area (Å²) in [6.07, 6.45) is -0.820. The van der Waals surface area contributed by atoms with E-state index >= 15 is 0 Å². The number of fused-ring (bicyclic) bond motifs is 4. The average molecular weight is 448 g/mol. The summed E-state index contributed by atoms with van der Waals surface area (Å²) in [5, 5.41) is 14.8. The van der Waals surface area contributed by atoms with Crippen LogP contribution >= 0.6 is 23.9 Å². The molecule has 0 fully saturated rings. The summed E-state index contributed by atoms with van der Waals surface area (Å²) in [5.41, 5.74) is 6.21. The van der Waals surface area contributed by atoms with Crippen LogP contribution in [-0.4, -0.2) is 23.0 Å². The van der Waals surface area contributed by atoms with Crippen molar-refractivity contribution in [3.05, 3.63) is 85.4 Å². The lowest BCUT2D eigenvalue weighted by Gasteiger charge is -2.32. The number of benzene rings is 2. The second-order valence-corrected chi connectivity index (χ2v) is 8.75. The fourth-order valence-corrected chi connectivity index (χ4v) is 5.44. The molecule has 0 saturated heterocycles. The number of aliphatic hydroxyl groups excluding tert-OH is 1. The van der Waals surface area contributed by atoms with Crippen molar-refractivity contribution in [3.8, 4) is 0 Å². The first-order valence-corrected chi connectivity index (χ1v) is 10.9. The molecule has 1 aliphatic carbocycles. The molecule has 1 aliphatic heterocycles. The van der Waals surface area contributed by atoms with E-state index in [0.29, 0.717) is 16.2 Å². The second-order valence-electron chi connectivity index (χ2n) is 7.86. The van der Waals surface area contributed by atoms with Crippen molar-refractivity contribution in [1.82, 2.24) is 17.9 Å². The molecule has 9 heteroatoms. The fourth-order valence-electron chi connectivity index (χ4n) is 4.74. The Labute approximate surface area is 186 Å². The minimum absolute atomic E-state index is 0.179. The number of hydrogen-bond donors (Lipinski definition) is 2. The Morgan fingerprint density at radius 3 is 2.71 bits per heavy atom. The van der Waals surface area contributed by atoms with Crippen molar-refractivity contribution in [2.24, 2.45) is 14.1 Å². The molecule has 7 nitrogen and oxygen atoms in total. The number of hydrogen-bond acceptors (Lipinski definition) is 7. The normalized spacial score (nSPS) is 19.2. The largest absolute Gasteiger partial charge is 0.384 e. The van der Waals surface area contributed by atoms with Gasteiger partial charge in [-0.2, -0.15) is 8.75 Å². The van der Waals surface area contributed by atoms with Crippen molar-refractivity contribution >= 4 is 46.5 Å². The maximum Gasteiger partial charge on any atom is 0.260 e. The predicted octanol–water partition coefficient (Wildman–Crippen LogP) is 3.47. The van der Waals surface area contributed by atoms with Crippen molar-refractivity contribution in [1.29, 1.82) is 0 Å². The monoisotopic (exact) mass is 447 g/mol. The summed E-state index contributed by atoms with van der Waals surface area (Å²) in [7, 11) is 3.53. The number of aromatic nitrogens is 4. The molecule has 3 heterocycles. The lowest BCUT2D eigenvalue weighted by molar-refractivity contribution is 0.213. The van der Waals surface area contributed by atoms with Crippen molar-refractivity contribution in [2.45, 2.75) is 12.0 Å². The molecule has 2 N–H and O–H groups in total. The van der Waals surface area contributed by atoms with Gasteiger partial charge >= 0.3 is 0 Å². The van der Waals surface area contributed by atoms with Crippen LogP contribution < -0.4 is 10.9 Å². The topological polar surface area (TPSA) is 85.0 Å². The van der Waals surface area contributed by atoms with Crippen LogP contribution in [0.5, 0.6) is 0 Å². The Morgan fingerprint density at radius 1 is 1.10 bits per heavy atom. The van der Waals surface area contributed by atoms with Gasteiger partial charge in [0, 0.05) is 25.6 Å². The van der Waals surface area contributed by atoms with Crippen LogP contribution in [0, 0.1) is 4.77 Å². The maximum atomic E-state index is 13.5. The zero-order valence-corrected chi connectivity index (χ0v) is 18.3. The first-order valence-electron chi connectivity index (χ1n) is 9.78. The van der Waals surface area contributed by atoms with Crippen LogP contribution in [-0.2, 0) is 14.1 Å². The van der Waals surface area contributed by atoms with Crippen LogP contribution in [0.15, 0.2) is 52.8 Å². The van der Waals surface area contributed by atoms with E-state index in [9.17, 15) is 9.90 Å². The van der Waals surface area contributed by atoms with Gasteiger partial charge in [0.25, 0.3) is 5.56 Å². The van der Waals surface area contributed by atoms with E-state index in [1.54, 1.807) is 7.05 Å². The summed E-state index contributed by atoms with van der Waals surface area (Å²) in [5.74, 6) is 0.206. The summed E-state index contributed by atoms with van der Waals surface area (Å²) < 4.78 is 12.4. The Morgan fingerprint density at radius 2 is 1.87 bits per heavy atom. The third kappa shape index (κ3) is 2.42. The lowest BCUT2D eigenvalue weighted by Crippen LogP contribution is -2.33. The van der Waals surface area contributed by atoms with Crippen LogP contribution in [0.1, 0.15) is 34.3 Å². The molecule has 2 unspecified atom stereocenters. The highest BCUT2D eigenvalue weighted by Crippen LogP contribution is 2.52. The maximum absolute atomic E-state index is 13.5. The van der Waals surface area contributed by atoms with E-state index in [1.165, 1.54) is 4.57 Å². The average Bonchev–Trinajstić information content (AvgIpc) is 3.37. The van der Waals surface area contributed by atoms with Gasteiger partial charge < -0.3 is 15.0 Å². The van der Waals surface area contributed by atoms with Gasteiger partial charge in [0.1, 0.15) is 23.0 Å². The molecule has 2 aliphatic rings. The van der Waals surface area contributed by atoms with Crippen LogP contribution in [0.4, 0.5) is 5.82 Å². The first kappa shape index (κ1) is 18.6. The van der Waals surface area contributed by atoms with Crippen molar-refractivity contribution < 1.29 is 5.11 Å². The smallest absolute Gasteiger partial charge is 0.260 e. The third-order valence-corrected chi connectivity index (χ3v) is 7.37. The van der Waals surface area contributed by atoms with Crippen molar-refractivity contribution in [3.63, 3.8) is 0 Å². The predicted molar refractivity (Wildman–Crippen MR) is 123 cm³/mol. The van der Waals surface area contributed by atoms with Crippen LogP contribution in [0.2, 0.25) is 0 Å². The van der Waals surface area contributed by atoms with E-state index in [0.717, 1.165) is 50.7 Å². The quantitative estimate of drug-likeness (QED) is 0.435. The highest BCUT2D eigenvalue weighted by Gasteiger charge is 2.42. The molecule has 2 aromatic carbocycles. The van der Waals surface area contributed by atoms with Gasteiger partial charge in [-0.25, -0.2) is 0 Å². The molecular formula is C22H17N5O2S2. The van der Waals surface area contributed by atoms with Gasteiger partial charge in [-0.05, 0) is 41.1 Å². The molecule has 0 amide bonds. The highest BCUT2D eigenvalue weighted by molar-refractivity contribution is 7.71. The SMILES string of the molecule is Cn1c2c(c(=O)n(C)c1=S)C(c1ccc3nsnc3c1)C1=C(N2)c2ccccc2C1O. The Hall–Kier alpha value is -3.14. The zero-order chi connectivity index (χ0) is 21.4. The number of anilines is 1. The van der Waals surface area contributed by atoms with Gasteiger partial charge in [0.2, 0.25) is 0 Å². The van der Waals surface area contributed by atoms with E-state index in [1.807, 2.05) is 54.1 Å². The number of nitrogens with zero attached hydrogens (tertiary/aromatic N) is 4. The minimum atomic E-state index is -0.820. The molecule has 0 spiro atoms. The number of nitrogens with one attached hydrogen (secondary N) is 1. The Balaban J connectivity index is 1.72. The lowest BCUT2D eigenvalue weighted by atomic mass is 9.81. The van der Waals surface area contributed by atoms with E-state index in [4.69, 9.17) is 12.2 Å². The van der Waals surface area contributed by atoms with E-state index < -0.39 is 12.0 Å². The van der Waals surface area contributed by atoms with Crippen molar-refractivity contribution in [2.75, 3.05) is 5.32 Å². The van der Waals surface area contributed by atoms with Gasteiger partial charge in [0.15, 0.2) is 4.77 Å². The molecule has 154 valence electrons. The molecule has 31 heavy (non-hydrogen) atoms. The molecule has 2 aromatic heterocycles. The Kier molecular flexibility index (Phi) is 3.86. The third-order valence-electron chi connectivity index (χ3n) is 6.26. The van der Waals surface area contributed by atoms with Crippen LogP contribution in [0.25, 0.3) is 16.7 Å². The first-order chi connectivity index (χ1) is 15.0. The molecule has 4 aromatic rings. The van der Waals surface area contributed by atoms with E-state index in [-0.39, 0.29) is 5.56 Å². The minimum Gasteiger partial charge on any atom is -0.384 e. The van der Waals surface area contributed by atoms with E-state index in [2.05, 4.69) is 14.1 Å². The molecule has 0 radical (unpaired) electrons. The molecule has 2 atom stereocenters. The standard InChI is InChI=1S/C22H17N5O2S2/c1-26-20-17(21(29)27(2)22(26)30)15(10-7-8-13-14(9-10)25-31-24-13)16-18(23-20)11-5-3-4-6-12(11)19(16)28/h3-9,15,19,23,28H,1-2H3. The van der Waals surface area contributed by atoms with Gasteiger partial charge in [-0.15, -0.1) is 0 Å². The molecule has 0 bridgehead atoms. The second kappa shape index (κ2) is 6.43. The molecule has 6 rings (SSSR count). The molecule has 0 saturated carbocycles. The number of rotatable bonds is 1. The number of aliphatic hydroxyl groups is 1. The van der Waals surface area contributed by atoms with Crippen LogP contribution in [0.3, 0.4) is 0 Å². The highest BCUT2D eigenvalue weighted by atomic mass is 32.1. The summed E-state index contributed by atoms with van der Waals surface area (Å²) in [6, 6.07) is 13.6.